The van der Waals surface area contributed by atoms with Crippen LogP contribution in [0.1, 0.15) is 61.9 Å². The van der Waals surface area contributed by atoms with Gasteiger partial charge in [-0.1, -0.05) is 38.3 Å². The second-order valence-electron chi connectivity index (χ2n) is 6.28. The molecule has 1 atom stereocenters. The molecule has 1 aromatic carbocycles. The van der Waals surface area contributed by atoms with Gasteiger partial charge in [0.25, 0.3) is 5.91 Å². The number of nitrogens with one attached hydrogen (secondary N) is 1. The molecule has 1 N–H and O–H groups in total. The van der Waals surface area contributed by atoms with Crippen molar-refractivity contribution in [2.24, 2.45) is 5.41 Å². The summed E-state index contributed by atoms with van der Waals surface area (Å²) in [7, 11) is 0. The largest absolute Gasteiger partial charge is 0.416 e. The van der Waals surface area contributed by atoms with Gasteiger partial charge in [0.05, 0.1) is 16.1 Å². The highest BCUT2D eigenvalue weighted by Gasteiger charge is 2.53. The second-order valence-corrected chi connectivity index (χ2v) is 6.69. The van der Waals surface area contributed by atoms with Gasteiger partial charge in [-0.05, 0) is 42.9 Å². The molecule has 128 valence electrons. The van der Waals surface area contributed by atoms with Crippen LogP contribution in [0.15, 0.2) is 18.2 Å². The molecule has 0 spiro atoms. The third kappa shape index (κ3) is 4.00. The van der Waals surface area contributed by atoms with Crippen LogP contribution in [0.4, 0.5) is 13.2 Å². The van der Waals surface area contributed by atoms with Crippen LogP contribution in [0.3, 0.4) is 0 Å². The molecule has 0 unspecified atom stereocenters. The molecule has 23 heavy (non-hydrogen) atoms. The van der Waals surface area contributed by atoms with Crippen molar-refractivity contribution in [1.29, 1.82) is 0 Å². The molecule has 0 aromatic heterocycles. The van der Waals surface area contributed by atoms with E-state index in [9.17, 15) is 18.0 Å². The summed E-state index contributed by atoms with van der Waals surface area (Å²) in [5.74, 6) is -0.528. The van der Waals surface area contributed by atoms with Gasteiger partial charge in [-0.25, -0.2) is 0 Å². The van der Waals surface area contributed by atoms with Gasteiger partial charge in [0, 0.05) is 6.04 Å². The maximum atomic E-state index is 12.8. The van der Waals surface area contributed by atoms with E-state index in [1.165, 1.54) is 0 Å². The minimum atomic E-state index is -4.49. The van der Waals surface area contributed by atoms with Crippen LogP contribution in [-0.2, 0) is 6.18 Å². The third-order valence-corrected chi connectivity index (χ3v) is 4.86. The van der Waals surface area contributed by atoms with E-state index in [1.807, 2.05) is 0 Å². The van der Waals surface area contributed by atoms with Gasteiger partial charge in [-0.3, -0.25) is 4.79 Å². The Morgan fingerprint density at radius 1 is 1.30 bits per heavy atom. The lowest BCUT2D eigenvalue weighted by atomic mass is 9.94. The van der Waals surface area contributed by atoms with Crippen molar-refractivity contribution in [2.75, 3.05) is 0 Å². The smallest absolute Gasteiger partial charge is 0.349 e. The lowest BCUT2D eigenvalue weighted by molar-refractivity contribution is -0.137. The van der Waals surface area contributed by atoms with Crippen molar-refractivity contribution in [3.05, 3.63) is 34.3 Å². The van der Waals surface area contributed by atoms with Gasteiger partial charge in [-0.15, -0.1) is 0 Å². The number of carbonyl (C=O) groups excluding carboxylic acids is 1. The predicted octanol–water partition coefficient (Wildman–Crippen LogP) is 5.45. The second kappa shape index (κ2) is 6.71. The Morgan fingerprint density at radius 2 is 1.91 bits per heavy atom. The Balaban J connectivity index is 2.13. The number of hydrogen-bond acceptors (Lipinski definition) is 1. The summed E-state index contributed by atoms with van der Waals surface area (Å²) < 4.78 is 38.4. The number of hydrogen-bond donors (Lipinski definition) is 1. The van der Waals surface area contributed by atoms with Gasteiger partial charge in [0.15, 0.2) is 0 Å². The molecule has 2 nitrogen and oxygen atoms in total. The van der Waals surface area contributed by atoms with Crippen LogP contribution in [0.5, 0.6) is 0 Å². The van der Waals surface area contributed by atoms with Crippen LogP contribution in [0, 0.1) is 5.41 Å². The highest BCUT2D eigenvalue weighted by Crippen LogP contribution is 2.53. The quantitative estimate of drug-likeness (QED) is 0.728. The molecule has 0 heterocycles. The number of alkyl halides is 3. The lowest BCUT2D eigenvalue weighted by Gasteiger charge is -2.16. The van der Waals surface area contributed by atoms with Crippen LogP contribution < -0.4 is 5.32 Å². The van der Waals surface area contributed by atoms with Crippen molar-refractivity contribution < 1.29 is 18.0 Å². The summed E-state index contributed by atoms with van der Waals surface area (Å²) in [5, 5.41) is 2.89. The normalized spacial score (nSPS) is 19.5. The van der Waals surface area contributed by atoms with Crippen LogP contribution >= 0.6 is 11.6 Å². The lowest BCUT2D eigenvalue weighted by Crippen LogP contribution is -2.30. The van der Waals surface area contributed by atoms with Crippen LogP contribution in [0.2, 0.25) is 5.02 Å². The zero-order chi connectivity index (χ0) is 17.3. The van der Waals surface area contributed by atoms with Crippen molar-refractivity contribution in [2.45, 2.75) is 58.2 Å². The van der Waals surface area contributed by atoms with E-state index < -0.39 is 17.6 Å². The van der Waals surface area contributed by atoms with Gasteiger partial charge in [0.2, 0.25) is 0 Å². The van der Waals surface area contributed by atoms with E-state index in [0.717, 1.165) is 50.3 Å². The summed E-state index contributed by atoms with van der Waals surface area (Å²) in [6, 6.07) is 2.86. The Morgan fingerprint density at radius 3 is 2.43 bits per heavy atom. The highest BCUT2D eigenvalue weighted by atomic mass is 35.5. The van der Waals surface area contributed by atoms with E-state index >= 15 is 0 Å². The first-order valence-corrected chi connectivity index (χ1v) is 8.29. The first kappa shape index (κ1) is 18.1. The summed E-state index contributed by atoms with van der Waals surface area (Å²) in [6.07, 6.45) is 0.474. The molecule has 1 saturated carbocycles. The molecular weight excluding hydrogens is 327 g/mol. The molecule has 1 aliphatic carbocycles. The maximum Gasteiger partial charge on any atom is 0.416 e. The molecule has 1 aromatic rings. The Labute approximate surface area is 139 Å². The number of rotatable bonds is 6. The zero-order valence-corrected chi connectivity index (χ0v) is 14.0. The summed E-state index contributed by atoms with van der Waals surface area (Å²) in [5.41, 5.74) is -0.876. The standard InChI is InChI=1S/C17H21ClF3NO/c1-3-7-16(8-4-2)10-14(16)22-15(23)12-9-11(17(19,20)21)5-6-13(12)18/h5-6,9,14H,3-4,7-8,10H2,1-2H3,(H,22,23)/t14-/m0/s1. The Hall–Kier alpha value is -1.23. The average Bonchev–Trinajstić information content (AvgIpc) is 3.10. The van der Waals surface area contributed by atoms with Gasteiger partial charge in [-0.2, -0.15) is 13.2 Å². The molecule has 0 aliphatic heterocycles. The fourth-order valence-corrected chi connectivity index (χ4v) is 3.54. The first-order valence-electron chi connectivity index (χ1n) is 7.91. The molecule has 1 aliphatic rings. The van der Waals surface area contributed by atoms with E-state index in [-0.39, 0.29) is 22.0 Å². The fourth-order valence-electron chi connectivity index (χ4n) is 3.34. The number of halogens is 4. The van der Waals surface area contributed by atoms with E-state index in [1.54, 1.807) is 0 Å². The van der Waals surface area contributed by atoms with Crippen LogP contribution in [-0.4, -0.2) is 11.9 Å². The monoisotopic (exact) mass is 347 g/mol. The first-order chi connectivity index (χ1) is 10.7. The van der Waals surface area contributed by atoms with Crippen molar-refractivity contribution in [1.82, 2.24) is 5.32 Å². The SMILES string of the molecule is CCCC1(CCC)C[C@@H]1NC(=O)c1cc(C(F)(F)F)ccc1Cl. The Kier molecular flexibility index (Phi) is 5.29. The van der Waals surface area contributed by atoms with E-state index in [0.29, 0.717) is 0 Å². The topological polar surface area (TPSA) is 29.1 Å². The van der Waals surface area contributed by atoms with Crippen molar-refractivity contribution >= 4 is 17.5 Å². The van der Waals surface area contributed by atoms with Crippen molar-refractivity contribution in [3.63, 3.8) is 0 Å². The molecule has 0 radical (unpaired) electrons. The maximum absolute atomic E-state index is 12.8. The minimum absolute atomic E-state index is 0.0282. The zero-order valence-electron chi connectivity index (χ0n) is 13.3. The molecule has 1 amide bonds. The summed E-state index contributed by atoms with van der Waals surface area (Å²) in [6.45, 7) is 4.19. The predicted molar refractivity (Wildman–Crippen MR) is 84.6 cm³/mol. The van der Waals surface area contributed by atoms with Gasteiger partial charge in [0.1, 0.15) is 0 Å². The van der Waals surface area contributed by atoms with Gasteiger partial charge < -0.3 is 5.32 Å². The van der Waals surface area contributed by atoms with Gasteiger partial charge >= 0.3 is 6.18 Å². The summed E-state index contributed by atoms with van der Waals surface area (Å²) >= 11 is 5.91. The molecule has 6 heteroatoms. The van der Waals surface area contributed by atoms with E-state index in [4.69, 9.17) is 11.6 Å². The van der Waals surface area contributed by atoms with Crippen molar-refractivity contribution in [3.8, 4) is 0 Å². The molecule has 1 fully saturated rings. The molecular formula is C17H21ClF3NO. The summed E-state index contributed by atoms with van der Waals surface area (Å²) in [4.78, 5) is 12.3. The number of amides is 1. The Bertz CT molecular complexity index is 580. The minimum Gasteiger partial charge on any atom is -0.349 e. The van der Waals surface area contributed by atoms with E-state index in [2.05, 4.69) is 19.2 Å². The fraction of sp³-hybridized carbons (Fsp3) is 0.588. The molecule has 0 saturated heterocycles. The van der Waals surface area contributed by atoms with Crippen LogP contribution in [0.25, 0.3) is 0 Å². The third-order valence-electron chi connectivity index (χ3n) is 4.53. The highest BCUT2D eigenvalue weighted by molar-refractivity contribution is 6.33. The average molecular weight is 348 g/mol. The molecule has 0 bridgehead atoms. The number of carbonyl (C=O) groups is 1. The molecule has 2 rings (SSSR count). The number of benzene rings is 1.